The van der Waals surface area contributed by atoms with E-state index in [1.807, 2.05) is 54.3 Å². The van der Waals surface area contributed by atoms with Crippen molar-refractivity contribution in [1.82, 2.24) is 19.8 Å². The molecular weight excluding hydrogens is 340 g/mol. The largest absolute Gasteiger partial charge is 0.336 e. The number of fused-ring (bicyclic) bond motifs is 1. The Labute approximate surface area is 157 Å². The SMILES string of the molecule is Cc1cccc(C(=O)N2CCN(Cc3nc4ccccc4c(=O)[nH]3)CC2)c1. The number of hydrogen-bond acceptors (Lipinski definition) is 4. The molecule has 1 amide bonds. The van der Waals surface area contributed by atoms with Gasteiger partial charge in [0.1, 0.15) is 5.82 Å². The molecule has 2 heterocycles. The Morgan fingerprint density at radius 3 is 2.63 bits per heavy atom. The normalized spacial score (nSPS) is 15.2. The molecule has 1 saturated heterocycles. The summed E-state index contributed by atoms with van der Waals surface area (Å²) in [5, 5.41) is 0.606. The number of rotatable bonds is 3. The van der Waals surface area contributed by atoms with Crippen molar-refractivity contribution in [3.05, 3.63) is 75.8 Å². The molecule has 1 aliphatic heterocycles. The average molecular weight is 362 g/mol. The van der Waals surface area contributed by atoms with E-state index in [2.05, 4.69) is 14.9 Å². The van der Waals surface area contributed by atoms with Crippen LogP contribution in [-0.2, 0) is 6.54 Å². The number of benzene rings is 2. The van der Waals surface area contributed by atoms with Crippen molar-refractivity contribution in [2.45, 2.75) is 13.5 Å². The Morgan fingerprint density at radius 2 is 1.85 bits per heavy atom. The van der Waals surface area contributed by atoms with Crippen molar-refractivity contribution in [1.29, 1.82) is 0 Å². The predicted octanol–water partition coefficient (Wildman–Crippen LogP) is 2.19. The number of carbonyl (C=O) groups is 1. The zero-order valence-electron chi connectivity index (χ0n) is 15.3. The highest BCUT2D eigenvalue weighted by atomic mass is 16.2. The summed E-state index contributed by atoms with van der Waals surface area (Å²) in [6.45, 7) is 5.43. The molecule has 6 heteroatoms. The smallest absolute Gasteiger partial charge is 0.258 e. The van der Waals surface area contributed by atoms with Crippen LogP contribution in [-0.4, -0.2) is 51.9 Å². The Balaban J connectivity index is 1.41. The second-order valence-corrected chi connectivity index (χ2v) is 6.97. The molecule has 0 bridgehead atoms. The Morgan fingerprint density at radius 1 is 1.07 bits per heavy atom. The van der Waals surface area contributed by atoms with Gasteiger partial charge in [0.2, 0.25) is 0 Å². The van der Waals surface area contributed by atoms with E-state index < -0.39 is 0 Å². The van der Waals surface area contributed by atoms with Crippen molar-refractivity contribution in [3.63, 3.8) is 0 Å². The lowest BCUT2D eigenvalue weighted by molar-refractivity contribution is 0.0625. The second kappa shape index (κ2) is 7.32. The number of piperazine rings is 1. The van der Waals surface area contributed by atoms with Gasteiger partial charge >= 0.3 is 0 Å². The standard InChI is InChI=1S/C21H22N4O2/c1-15-5-4-6-16(13-15)21(27)25-11-9-24(10-12-25)14-19-22-18-8-3-2-7-17(18)20(26)23-19/h2-8,13H,9-12,14H2,1H3,(H,22,23,26). The molecule has 1 aliphatic rings. The Kier molecular flexibility index (Phi) is 4.73. The molecule has 0 aliphatic carbocycles. The van der Waals surface area contributed by atoms with Gasteiger partial charge in [0.25, 0.3) is 11.5 Å². The van der Waals surface area contributed by atoms with Gasteiger partial charge in [-0.15, -0.1) is 0 Å². The summed E-state index contributed by atoms with van der Waals surface area (Å²) in [6, 6.07) is 15.1. The second-order valence-electron chi connectivity index (χ2n) is 6.97. The van der Waals surface area contributed by atoms with E-state index >= 15 is 0 Å². The van der Waals surface area contributed by atoms with Crippen molar-refractivity contribution < 1.29 is 4.79 Å². The van der Waals surface area contributed by atoms with Crippen LogP contribution in [0.25, 0.3) is 10.9 Å². The predicted molar refractivity (Wildman–Crippen MR) is 105 cm³/mol. The first kappa shape index (κ1) is 17.4. The zero-order chi connectivity index (χ0) is 18.8. The number of amides is 1. The molecule has 0 radical (unpaired) electrons. The molecule has 1 N–H and O–H groups in total. The number of hydrogen-bond donors (Lipinski definition) is 1. The number of carbonyl (C=O) groups excluding carboxylic acids is 1. The van der Waals surface area contributed by atoms with Crippen LogP contribution >= 0.6 is 0 Å². The molecule has 4 rings (SSSR count). The molecule has 0 atom stereocenters. The minimum absolute atomic E-state index is 0.0792. The van der Waals surface area contributed by atoms with E-state index in [0.717, 1.165) is 24.2 Å². The number of aryl methyl sites for hydroxylation is 1. The van der Waals surface area contributed by atoms with Gasteiger partial charge in [-0.25, -0.2) is 4.98 Å². The van der Waals surface area contributed by atoms with Crippen LogP contribution < -0.4 is 5.56 Å². The van der Waals surface area contributed by atoms with E-state index in [1.54, 1.807) is 6.07 Å². The minimum atomic E-state index is -0.108. The first-order valence-electron chi connectivity index (χ1n) is 9.16. The van der Waals surface area contributed by atoms with Gasteiger partial charge in [-0.1, -0.05) is 29.8 Å². The van der Waals surface area contributed by atoms with E-state index in [1.165, 1.54) is 0 Å². The van der Waals surface area contributed by atoms with Crippen LogP contribution in [0.4, 0.5) is 0 Å². The topological polar surface area (TPSA) is 69.3 Å². The molecule has 3 aromatic rings. The lowest BCUT2D eigenvalue weighted by Crippen LogP contribution is -2.48. The summed E-state index contributed by atoms with van der Waals surface area (Å²) in [6.07, 6.45) is 0. The highest BCUT2D eigenvalue weighted by Gasteiger charge is 2.22. The van der Waals surface area contributed by atoms with Crippen LogP contribution in [0.5, 0.6) is 0 Å². The fraction of sp³-hybridized carbons (Fsp3) is 0.286. The summed E-state index contributed by atoms with van der Waals surface area (Å²) in [4.78, 5) is 36.4. The third-order valence-electron chi connectivity index (χ3n) is 4.96. The third-order valence-corrected chi connectivity index (χ3v) is 4.96. The maximum Gasteiger partial charge on any atom is 0.258 e. The van der Waals surface area contributed by atoms with Crippen molar-refractivity contribution >= 4 is 16.8 Å². The molecule has 27 heavy (non-hydrogen) atoms. The highest BCUT2D eigenvalue weighted by molar-refractivity contribution is 5.94. The lowest BCUT2D eigenvalue weighted by Gasteiger charge is -2.34. The van der Waals surface area contributed by atoms with Crippen LogP contribution in [0, 0.1) is 6.92 Å². The number of H-pyrrole nitrogens is 1. The summed E-state index contributed by atoms with van der Waals surface area (Å²) < 4.78 is 0. The molecule has 0 spiro atoms. The molecule has 1 fully saturated rings. The van der Waals surface area contributed by atoms with E-state index in [0.29, 0.717) is 36.4 Å². The van der Waals surface area contributed by atoms with Crippen LogP contribution in [0.15, 0.2) is 53.3 Å². The quantitative estimate of drug-likeness (QED) is 0.775. The number of aromatic nitrogens is 2. The summed E-state index contributed by atoms with van der Waals surface area (Å²) in [5.41, 5.74) is 2.43. The fourth-order valence-electron chi connectivity index (χ4n) is 3.49. The van der Waals surface area contributed by atoms with Gasteiger partial charge in [0, 0.05) is 31.7 Å². The minimum Gasteiger partial charge on any atom is -0.336 e. The van der Waals surface area contributed by atoms with Crippen molar-refractivity contribution in [2.24, 2.45) is 0 Å². The highest BCUT2D eigenvalue weighted by Crippen LogP contribution is 2.12. The first-order valence-corrected chi connectivity index (χ1v) is 9.16. The van der Waals surface area contributed by atoms with Crippen molar-refractivity contribution in [2.75, 3.05) is 26.2 Å². The number of nitrogens with zero attached hydrogens (tertiary/aromatic N) is 3. The molecular formula is C21H22N4O2. The number of nitrogens with one attached hydrogen (secondary N) is 1. The van der Waals surface area contributed by atoms with Gasteiger partial charge in [-0.05, 0) is 31.2 Å². The van der Waals surface area contributed by atoms with Gasteiger partial charge in [-0.3, -0.25) is 14.5 Å². The molecule has 0 unspecified atom stereocenters. The maximum atomic E-state index is 12.7. The molecule has 1 aromatic heterocycles. The number of aromatic amines is 1. The summed E-state index contributed by atoms with van der Waals surface area (Å²) in [5.74, 6) is 0.743. The lowest BCUT2D eigenvalue weighted by atomic mass is 10.1. The summed E-state index contributed by atoms with van der Waals surface area (Å²) >= 11 is 0. The Hall–Kier alpha value is -2.99. The van der Waals surface area contributed by atoms with E-state index in [-0.39, 0.29) is 11.5 Å². The first-order chi connectivity index (χ1) is 13.1. The van der Waals surface area contributed by atoms with Crippen molar-refractivity contribution in [3.8, 4) is 0 Å². The Bertz CT molecular complexity index is 1040. The molecule has 0 saturated carbocycles. The average Bonchev–Trinajstić information content (AvgIpc) is 2.68. The fourth-order valence-corrected chi connectivity index (χ4v) is 3.49. The van der Waals surface area contributed by atoms with E-state index in [9.17, 15) is 9.59 Å². The van der Waals surface area contributed by atoms with Crippen LogP contribution in [0.2, 0.25) is 0 Å². The van der Waals surface area contributed by atoms with Crippen LogP contribution in [0.1, 0.15) is 21.7 Å². The van der Waals surface area contributed by atoms with Gasteiger partial charge in [0.05, 0.1) is 17.4 Å². The van der Waals surface area contributed by atoms with Gasteiger partial charge in [-0.2, -0.15) is 0 Å². The third kappa shape index (κ3) is 3.75. The molecule has 6 nitrogen and oxygen atoms in total. The zero-order valence-corrected chi connectivity index (χ0v) is 15.3. The van der Waals surface area contributed by atoms with E-state index in [4.69, 9.17) is 0 Å². The molecule has 2 aromatic carbocycles. The van der Waals surface area contributed by atoms with Gasteiger partial charge < -0.3 is 9.88 Å². The molecule has 138 valence electrons. The van der Waals surface area contributed by atoms with Gasteiger partial charge in [0.15, 0.2) is 0 Å². The maximum absolute atomic E-state index is 12.7. The van der Waals surface area contributed by atoms with Crippen LogP contribution in [0.3, 0.4) is 0 Å². The summed E-state index contributed by atoms with van der Waals surface area (Å²) in [7, 11) is 0. The number of para-hydroxylation sites is 1. The monoisotopic (exact) mass is 362 g/mol.